The molecule has 0 bridgehead atoms. The minimum Gasteiger partial charge on any atom is -0.493 e. The van der Waals surface area contributed by atoms with E-state index in [-0.39, 0.29) is 16.9 Å². The van der Waals surface area contributed by atoms with Crippen LogP contribution in [0.2, 0.25) is 0 Å². The normalized spacial score (nSPS) is 17.7. The van der Waals surface area contributed by atoms with Gasteiger partial charge < -0.3 is 19.5 Å². The van der Waals surface area contributed by atoms with Gasteiger partial charge in [0, 0.05) is 41.1 Å². The molecule has 12 heteroatoms. The molecule has 3 aromatic rings. The number of fused-ring (bicyclic) bond motifs is 1. The van der Waals surface area contributed by atoms with E-state index in [9.17, 15) is 14.9 Å². The Morgan fingerprint density at radius 2 is 1.79 bits per heavy atom. The van der Waals surface area contributed by atoms with Crippen LogP contribution in [-0.4, -0.2) is 46.8 Å². The third-order valence-electron chi connectivity index (χ3n) is 6.86. The Morgan fingerprint density at radius 1 is 1.08 bits per heavy atom. The lowest BCUT2D eigenvalue weighted by Crippen LogP contribution is -2.36. The van der Waals surface area contributed by atoms with Crippen molar-refractivity contribution >= 4 is 29.2 Å². The molecular weight excluding hydrogens is 522 g/mol. The predicted octanol–water partition coefficient (Wildman–Crippen LogP) is 5.16. The number of aromatic nitrogens is 3. The van der Waals surface area contributed by atoms with E-state index in [1.165, 1.54) is 23.9 Å². The number of methoxy groups -OCH3 is 3. The minimum absolute atomic E-state index is 0.0387. The van der Waals surface area contributed by atoms with Gasteiger partial charge in [0.05, 0.1) is 26.3 Å². The number of thioether (sulfide) groups is 1. The summed E-state index contributed by atoms with van der Waals surface area (Å²) >= 11 is 1.40. The number of rotatable bonds is 8. The van der Waals surface area contributed by atoms with Crippen molar-refractivity contribution in [3.8, 4) is 17.2 Å². The van der Waals surface area contributed by atoms with Crippen LogP contribution in [0.4, 0.5) is 11.6 Å². The first-order valence-electron chi connectivity index (χ1n) is 12.3. The Balaban J connectivity index is 1.57. The zero-order valence-corrected chi connectivity index (χ0v) is 23.1. The van der Waals surface area contributed by atoms with Crippen molar-refractivity contribution in [2.24, 2.45) is 5.41 Å². The molecule has 2 aliphatic rings. The second-order valence-corrected chi connectivity index (χ2v) is 11.1. The first-order valence-corrected chi connectivity index (χ1v) is 13.3. The number of hydrogen-bond donors (Lipinski definition) is 1. The highest BCUT2D eigenvalue weighted by Gasteiger charge is 2.43. The Hall–Kier alpha value is -4.06. The fourth-order valence-corrected chi connectivity index (χ4v) is 5.92. The molecule has 2 aromatic carbocycles. The van der Waals surface area contributed by atoms with Crippen LogP contribution in [0.25, 0.3) is 0 Å². The van der Waals surface area contributed by atoms with Gasteiger partial charge in [0.1, 0.15) is 6.04 Å². The zero-order valence-electron chi connectivity index (χ0n) is 22.3. The maximum atomic E-state index is 13.6. The number of nitro groups is 1. The summed E-state index contributed by atoms with van der Waals surface area (Å²) < 4.78 is 18.6. The lowest BCUT2D eigenvalue weighted by molar-refractivity contribution is -0.384. The topological polar surface area (TPSA) is 131 Å². The molecule has 5 rings (SSSR count). The molecule has 204 valence electrons. The van der Waals surface area contributed by atoms with E-state index in [4.69, 9.17) is 24.3 Å². The Morgan fingerprint density at radius 3 is 2.44 bits per heavy atom. The van der Waals surface area contributed by atoms with Gasteiger partial charge in [0.25, 0.3) is 5.69 Å². The van der Waals surface area contributed by atoms with E-state index in [1.54, 1.807) is 44.2 Å². The molecule has 0 radical (unpaired) electrons. The summed E-state index contributed by atoms with van der Waals surface area (Å²) in [7, 11) is 4.65. The molecule has 0 amide bonds. The van der Waals surface area contributed by atoms with E-state index in [1.807, 2.05) is 6.07 Å². The first-order chi connectivity index (χ1) is 18.7. The van der Waals surface area contributed by atoms with Crippen LogP contribution in [0, 0.1) is 15.5 Å². The monoisotopic (exact) mass is 551 g/mol. The number of Topliss-reactive ketones (excluding diaryl/α,β-unsaturated/α-hetero) is 1. The summed E-state index contributed by atoms with van der Waals surface area (Å²) in [4.78, 5) is 28.9. The average molecular weight is 552 g/mol. The molecule has 11 nitrogen and oxygen atoms in total. The molecule has 1 atom stereocenters. The Labute approximate surface area is 229 Å². The Bertz CT molecular complexity index is 1480. The van der Waals surface area contributed by atoms with Crippen molar-refractivity contribution in [3.63, 3.8) is 0 Å². The number of ketones is 1. The van der Waals surface area contributed by atoms with Crippen LogP contribution in [-0.2, 0) is 10.5 Å². The maximum Gasteiger partial charge on any atom is 0.269 e. The second-order valence-electron chi connectivity index (χ2n) is 10.2. The maximum absolute atomic E-state index is 13.6. The summed E-state index contributed by atoms with van der Waals surface area (Å²) in [5, 5.41) is 19.6. The number of ether oxygens (including phenoxy) is 3. The number of allylic oxidation sites excluding steroid dienone is 2. The highest BCUT2D eigenvalue weighted by molar-refractivity contribution is 7.98. The van der Waals surface area contributed by atoms with Crippen molar-refractivity contribution in [3.05, 3.63) is 68.9 Å². The molecule has 0 fully saturated rings. The minimum atomic E-state index is -0.587. The molecule has 1 aliphatic carbocycles. The number of carbonyl (C=O) groups excluding carboxylic acids is 1. The number of carbonyl (C=O) groups is 1. The van der Waals surface area contributed by atoms with Crippen LogP contribution >= 0.6 is 11.8 Å². The number of benzene rings is 2. The van der Waals surface area contributed by atoms with Gasteiger partial charge in [-0.3, -0.25) is 14.9 Å². The van der Waals surface area contributed by atoms with E-state index < -0.39 is 11.0 Å². The van der Waals surface area contributed by atoms with Crippen LogP contribution in [0.1, 0.15) is 43.9 Å². The third-order valence-corrected chi connectivity index (χ3v) is 7.77. The summed E-state index contributed by atoms with van der Waals surface area (Å²) in [5.74, 6) is 2.47. The molecule has 2 heterocycles. The van der Waals surface area contributed by atoms with Crippen LogP contribution < -0.4 is 19.5 Å². The number of nitro benzene ring substituents is 1. The van der Waals surface area contributed by atoms with Crippen molar-refractivity contribution in [1.82, 2.24) is 14.8 Å². The molecule has 0 saturated heterocycles. The molecule has 39 heavy (non-hydrogen) atoms. The first kappa shape index (κ1) is 26.5. The standard InChI is InChI=1S/C27H29N5O6S/c1-27(2)12-18-21(19(33)13-27)22(17-10-11-20(36-3)24(38-5)23(17)37-4)31-25(28-18)29-26(30-31)39-14-15-6-8-16(9-7-15)32(34)35/h6-11,22H,12-14H2,1-5H3,(H,28,29,30). The fraction of sp³-hybridized carbons (Fsp3) is 0.370. The van der Waals surface area contributed by atoms with Crippen LogP contribution in [0.3, 0.4) is 0 Å². The molecule has 0 saturated carbocycles. The number of anilines is 1. The van der Waals surface area contributed by atoms with E-state index in [0.29, 0.717) is 58.1 Å². The van der Waals surface area contributed by atoms with Gasteiger partial charge in [0.15, 0.2) is 17.3 Å². The number of nitrogens with zero attached hydrogens (tertiary/aromatic N) is 4. The summed E-state index contributed by atoms with van der Waals surface area (Å²) in [6, 6.07) is 9.47. The average Bonchev–Trinajstić information content (AvgIpc) is 3.31. The summed E-state index contributed by atoms with van der Waals surface area (Å²) in [6.45, 7) is 4.15. The number of hydrogen-bond acceptors (Lipinski definition) is 10. The van der Waals surface area contributed by atoms with E-state index in [2.05, 4.69) is 19.2 Å². The SMILES string of the molecule is COc1ccc(C2C3=C(CC(C)(C)CC3=O)Nc3nc(SCc4ccc([N+](=O)[O-])cc4)nn32)c(OC)c1OC. The summed E-state index contributed by atoms with van der Waals surface area (Å²) in [6.07, 6.45) is 1.09. The van der Waals surface area contributed by atoms with Gasteiger partial charge in [0.2, 0.25) is 16.9 Å². The molecule has 0 spiro atoms. The van der Waals surface area contributed by atoms with Crippen molar-refractivity contribution < 1.29 is 23.9 Å². The van der Waals surface area contributed by atoms with Gasteiger partial charge in [-0.15, -0.1) is 5.10 Å². The van der Waals surface area contributed by atoms with E-state index in [0.717, 1.165) is 11.3 Å². The van der Waals surface area contributed by atoms with Gasteiger partial charge in [-0.05, 0) is 29.5 Å². The van der Waals surface area contributed by atoms with Crippen molar-refractivity contribution in [1.29, 1.82) is 0 Å². The summed E-state index contributed by atoms with van der Waals surface area (Å²) in [5.41, 5.74) is 2.90. The predicted molar refractivity (Wildman–Crippen MR) is 146 cm³/mol. The van der Waals surface area contributed by atoms with Crippen LogP contribution in [0.5, 0.6) is 17.2 Å². The number of nitrogens with one attached hydrogen (secondary N) is 1. The quantitative estimate of drug-likeness (QED) is 0.227. The lowest BCUT2D eigenvalue weighted by atomic mass is 9.73. The lowest BCUT2D eigenvalue weighted by Gasteiger charge is -2.38. The molecular formula is C27H29N5O6S. The highest BCUT2D eigenvalue weighted by atomic mass is 32.2. The fourth-order valence-electron chi connectivity index (χ4n) is 5.14. The van der Waals surface area contributed by atoms with Crippen LogP contribution in [0.15, 0.2) is 52.8 Å². The largest absolute Gasteiger partial charge is 0.493 e. The van der Waals surface area contributed by atoms with E-state index >= 15 is 0 Å². The molecule has 1 N–H and O–H groups in total. The van der Waals surface area contributed by atoms with Gasteiger partial charge in [-0.2, -0.15) is 4.98 Å². The second kappa shape index (κ2) is 10.3. The molecule has 1 aromatic heterocycles. The van der Waals surface area contributed by atoms with Gasteiger partial charge >= 0.3 is 0 Å². The number of non-ortho nitro benzene ring substituents is 1. The zero-order chi connectivity index (χ0) is 27.9. The van der Waals surface area contributed by atoms with Gasteiger partial charge in [-0.25, -0.2) is 4.68 Å². The van der Waals surface area contributed by atoms with Crippen molar-refractivity contribution in [2.45, 2.75) is 43.6 Å². The van der Waals surface area contributed by atoms with Crippen molar-refractivity contribution in [2.75, 3.05) is 26.6 Å². The highest BCUT2D eigenvalue weighted by Crippen LogP contribution is 2.50. The third kappa shape index (κ3) is 4.91. The molecule has 1 unspecified atom stereocenters. The van der Waals surface area contributed by atoms with Gasteiger partial charge in [-0.1, -0.05) is 37.7 Å². The Kier molecular flexibility index (Phi) is 6.98. The smallest absolute Gasteiger partial charge is 0.269 e. The molecule has 1 aliphatic heterocycles.